The lowest BCUT2D eigenvalue weighted by Gasteiger charge is -2.33. The number of ether oxygens (including phenoxy) is 2. The van der Waals surface area contributed by atoms with Crippen LogP contribution in [0.3, 0.4) is 0 Å². The minimum absolute atomic E-state index is 0.0528. The summed E-state index contributed by atoms with van der Waals surface area (Å²) in [7, 11) is 0. The van der Waals surface area contributed by atoms with Crippen LogP contribution in [-0.2, 0) is 9.47 Å². The van der Waals surface area contributed by atoms with Crippen molar-refractivity contribution in [3.8, 4) is 0 Å². The molecule has 2 aliphatic heterocycles. The molecule has 0 bridgehead atoms. The fourth-order valence-electron chi connectivity index (χ4n) is 3.54. The van der Waals surface area contributed by atoms with Crippen LogP contribution in [-0.4, -0.2) is 36.1 Å². The zero-order valence-corrected chi connectivity index (χ0v) is 14.5. The van der Waals surface area contributed by atoms with Gasteiger partial charge in [0.25, 0.3) is 0 Å². The first-order valence-corrected chi connectivity index (χ1v) is 9.76. The van der Waals surface area contributed by atoms with Crippen LogP contribution >= 0.6 is 0 Å². The number of hydrogen-bond acceptors (Lipinski definition) is 3. The Bertz CT molecular complexity index is 278. The zero-order chi connectivity index (χ0) is 15.6. The van der Waals surface area contributed by atoms with Gasteiger partial charge in [0, 0.05) is 0 Å². The molecule has 2 heterocycles. The number of aliphatic hydroxyl groups excluding tert-OH is 1. The molecule has 2 rings (SSSR count). The van der Waals surface area contributed by atoms with Gasteiger partial charge in [-0.2, -0.15) is 0 Å². The molecule has 0 saturated carbocycles. The second-order valence-electron chi connectivity index (χ2n) is 7.20. The number of unbranched alkanes of at least 4 members (excludes halogenated alkanes) is 9. The third kappa shape index (κ3) is 6.97. The zero-order valence-electron chi connectivity index (χ0n) is 14.5. The van der Waals surface area contributed by atoms with Crippen LogP contribution < -0.4 is 0 Å². The Morgan fingerprint density at radius 1 is 0.818 bits per heavy atom. The van der Waals surface area contributed by atoms with Crippen LogP contribution in [0, 0.1) is 0 Å². The first-order valence-electron chi connectivity index (χ1n) is 9.76. The van der Waals surface area contributed by atoms with Crippen molar-refractivity contribution in [2.75, 3.05) is 6.61 Å². The molecule has 2 aliphatic rings. The normalized spacial score (nSPS) is 31.4. The van der Waals surface area contributed by atoms with Gasteiger partial charge in [0.15, 0.2) is 0 Å². The molecule has 2 fully saturated rings. The summed E-state index contributed by atoms with van der Waals surface area (Å²) >= 11 is 0. The second kappa shape index (κ2) is 10.6. The predicted octanol–water partition coefficient (Wildman–Crippen LogP) is 4.60. The van der Waals surface area contributed by atoms with Crippen molar-refractivity contribution < 1.29 is 14.6 Å². The average molecular weight is 312 g/mol. The van der Waals surface area contributed by atoms with E-state index in [1.54, 1.807) is 0 Å². The molecule has 0 spiro atoms. The first kappa shape index (κ1) is 18.2. The van der Waals surface area contributed by atoms with Gasteiger partial charge in [-0.05, 0) is 19.3 Å². The van der Waals surface area contributed by atoms with Crippen molar-refractivity contribution >= 4 is 0 Å². The lowest BCUT2D eigenvalue weighted by atomic mass is 9.95. The van der Waals surface area contributed by atoms with Crippen LogP contribution in [0.2, 0.25) is 0 Å². The minimum Gasteiger partial charge on any atom is -0.390 e. The third-order valence-electron chi connectivity index (χ3n) is 5.14. The van der Waals surface area contributed by atoms with Gasteiger partial charge in [0.2, 0.25) is 0 Å². The molecule has 1 N–H and O–H groups in total. The second-order valence-corrected chi connectivity index (χ2v) is 7.20. The van der Waals surface area contributed by atoms with Gasteiger partial charge in [-0.15, -0.1) is 0 Å². The Kier molecular flexibility index (Phi) is 8.79. The Balaban J connectivity index is 1.42. The average Bonchev–Trinajstić information content (AvgIpc) is 3.35. The van der Waals surface area contributed by atoms with Crippen molar-refractivity contribution in [2.45, 2.75) is 115 Å². The molecular formula is C19H36O3. The van der Waals surface area contributed by atoms with Crippen molar-refractivity contribution in [3.63, 3.8) is 0 Å². The largest absolute Gasteiger partial charge is 0.390 e. The lowest BCUT2D eigenvalue weighted by Crippen LogP contribution is -2.40. The molecule has 0 radical (unpaired) electrons. The summed E-state index contributed by atoms with van der Waals surface area (Å²) in [4.78, 5) is 0. The summed E-state index contributed by atoms with van der Waals surface area (Å²) in [6.07, 6.45) is 16.8. The van der Waals surface area contributed by atoms with E-state index in [1.807, 2.05) is 0 Å². The lowest BCUT2D eigenvalue weighted by molar-refractivity contribution is -0.126. The third-order valence-corrected chi connectivity index (χ3v) is 5.14. The van der Waals surface area contributed by atoms with E-state index in [-0.39, 0.29) is 18.3 Å². The SMILES string of the molecule is CCCCCCCCCCCC[C@H]1O[C@@H]([C@@H]2CO2)CC[C@H]1O. The van der Waals surface area contributed by atoms with Gasteiger partial charge in [-0.3, -0.25) is 0 Å². The molecule has 4 atom stereocenters. The van der Waals surface area contributed by atoms with Crippen molar-refractivity contribution in [2.24, 2.45) is 0 Å². The molecule has 0 aromatic heterocycles. The highest BCUT2D eigenvalue weighted by Crippen LogP contribution is 2.30. The molecular weight excluding hydrogens is 276 g/mol. The van der Waals surface area contributed by atoms with Gasteiger partial charge >= 0.3 is 0 Å². The molecule has 0 aromatic carbocycles. The topological polar surface area (TPSA) is 42.0 Å². The molecule has 22 heavy (non-hydrogen) atoms. The summed E-state index contributed by atoms with van der Waals surface area (Å²) in [5.74, 6) is 0. The maximum absolute atomic E-state index is 10.1. The number of rotatable bonds is 12. The highest BCUT2D eigenvalue weighted by atomic mass is 16.6. The standard InChI is InChI=1S/C19H36O3/c1-2-3-4-5-6-7-8-9-10-11-12-17-16(20)13-14-18(22-17)19-15-21-19/h16-20H,2-15H2,1H3/t16-,17-,18-,19+/m1/s1. The summed E-state index contributed by atoms with van der Waals surface area (Å²) in [5, 5.41) is 10.1. The predicted molar refractivity (Wildman–Crippen MR) is 90.1 cm³/mol. The highest BCUT2D eigenvalue weighted by molar-refractivity contribution is 4.87. The van der Waals surface area contributed by atoms with Gasteiger partial charge in [0.05, 0.1) is 24.9 Å². The van der Waals surface area contributed by atoms with E-state index in [2.05, 4.69) is 6.92 Å². The Morgan fingerprint density at radius 2 is 1.41 bits per heavy atom. The summed E-state index contributed by atoms with van der Waals surface area (Å²) in [6.45, 7) is 3.12. The van der Waals surface area contributed by atoms with Gasteiger partial charge in [0.1, 0.15) is 6.10 Å². The first-order chi connectivity index (χ1) is 10.8. The van der Waals surface area contributed by atoms with Gasteiger partial charge in [-0.25, -0.2) is 0 Å². The molecule has 0 amide bonds. The highest BCUT2D eigenvalue weighted by Gasteiger charge is 2.39. The van der Waals surface area contributed by atoms with E-state index in [9.17, 15) is 5.11 Å². The maximum atomic E-state index is 10.1. The van der Waals surface area contributed by atoms with E-state index >= 15 is 0 Å². The molecule has 0 aliphatic carbocycles. The van der Waals surface area contributed by atoms with E-state index in [1.165, 1.54) is 64.2 Å². The fraction of sp³-hybridized carbons (Fsp3) is 1.00. The molecule has 3 heteroatoms. The minimum atomic E-state index is -0.256. The van der Waals surface area contributed by atoms with Crippen LogP contribution in [0.5, 0.6) is 0 Å². The molecule has 0 aromatic rings. The van der Waals surface area contributed by atoms with E-state index in [0.717, 1.165) is 25.9 Å². The fourth-order valence-corrected chi connectivity index (χ4v) is 3.54. The Labute approximate surface area is 136 Å². The van der Waals surface area contributed by atoms with Crippen LogP contribution in [0.4, 0.5) is 0 Å². The molecule has 0 unspecified atom stereocenters. The van der Waals surface area contributed by atoms with E-state index in [4.69, 9.17) is 9.47 Å². The quantitative estimate of drug-likeness (QED) is 0.423. The van der Waals surface area contributed by atoms with E-state index in [0.29, 0.717) is 6.10 Å². The number of hydrogen-bond donors (Lipinski definition) is 1. The summed E-state index contributed by atoms with van der Waals surface area (Å²) in [6, 6.07) is 0. The van der Waals surface area contributed by atoms with Gasteiger partial charge in [-0.1, -0.05) is 71.1 Å². The van der Waals surface area contributed by atoms with Crippen molar-refractivity contribution in [1.29, 1.82) is 0 Å². The van der Waals surface area contributed by atoms with Crippen LogP contribution in [0.1, 0.15) is 90.4 Å². The molecule has 130 valence electrons. The van der Waals surface area contributed by atoms with Crippen LogP contribution in [0.25, 0.3) is 0 Å². The van der Waals surface area contributed by atoms with Crippen molar-refractivity contribution in [3.05, 3.63) is 0 Å². The monoisotopic (exact) mass is 312 g/mol. The Morgan fingerprint density at radius 3 is 2.00 bits per heavy atom. The number of epoxide rings is 1. The molecule has 3 nitrogen and oxygen atoms in total. The summed E-state index contributed by atoms with van der Waals surface area (Å²) in [5.41, 5.74) is 0. The van der Waals surface area contributed by atoms with Crippen molar-refractivity contribution in [1.82, 2.24) is 0 Å². The summed E-state index contributed by atoms with van der Waals surface area (Å²) < 4.78 is 11.4. The van der Waals surface area contributed by atoms with Gasteiger partial charge < -0.3 is 14.6 Å². The van der Waals surface area contributed by atoms with E-state index < -0.39 is 0 Å². The number of aliphatic hydroxyl groups is 1. The molecule has 2 saturated heterocycles. The Hall–Kier alpha value is -0.120. The smallest absolute Gasteiger partial charge is 0.107 e. The maximum Gasteiger partial charge on any atom is 0.107 e. The van der Waals surface area contributed by atoms with Crippen LogP contribution in [0.15, 0.2) is 0 Å².